The average molecular weight is 311 g/mol. The van der Waals surface area contributed by atoms with E-state index in [-0.39, 0.29) is 23.1 Å². The van der Waals surface area contributed by atoms with E-state index in [2.05, 4.69) is 11.8 Å². The summed E-state index contributed by atoms with van der Waals surface area (Å²) in [5.41, 5.74) is 0.0784. The van der Waals surface area contributed by atoms with Crippen molar-refractivity contribution in [1.82, 2.24) is 4.31 Å². The van der Waals surface area contributed by atoms with Crippen LogP contribution >= 0.6 is 0 Å². The fourth-order valence-corrected chi connectivity index (χ4v) is 4.17. The number of rotatable bonds is 2. The lowest BCUT2D eigenvalue weighted by Crippen LogP contribution is -2.41. The van der Waals surface area contributed by atoms with Crippen molar-refractivity contribution in [2.75, 3.05) is 13.2 Å². The standard InChI is InChI=1S/C15H18FNO3S/c1-12-5-2-3-9-17(12)21(19,20)14-8-7-13(6-4-10-18)15(16)11-14/h7-8,11-12,18H,2-3,5,9-10H2,1H3. The van der Waals surface area contributed by atoms with Crippen LogP contribution in [0.4, 0.5) is 4.39 Å². The van der Waals surface area contributed by atoms with Gasteiger partial charge >= 0.3 is 0 Å². The van der Waals surface area contributed by atoms with E-state index in [9.17, 15) is 12.8 Å². The molecule has 2 rings (SSSR count). The number of piperidine rings is 1. The second-order valence-electron chi connectivity index (χ2n) is 5.06. The summed E-state index contributed by atoms with van der Waals surface area (Å²) in [6, 6.07) is 3.62. The lowest BCUT2D eigenvalue weighted by Gasteiger charge is -2.32. The summed E-state index contributed by atoms with van der Waals surface area (Å²) >= 11 is 0. The molecule has 1 aromatic carbocycles. The van der Waals surface area contributed by atoms with Gasteiger partial charge in [-0.05, 0) is 38.0 Å². The van der Waals surface area contributed by atoms with Gasteiger partial charge in [0.05, 0.1) is 10.5 Å². The minimum Gasteiger partial charge on any atom is -0.384 e. The van der Waals surface area contributed by atoms with E-state index >= 15 is 0 Å². The molecule has 0 bridgehead atoms. The summed E-state index contributed by atoms with van der Waals surface area (Å²) in [5.74, 6) is 4.09. The van der Waals surface area contributed by atoms with Crippen LogP contribution in [0.3, 0.4) is 0 Å². The Balaban J connectivity index is 2.34. The first-order valence-electron chi connectivity index (χ1n) is 6.88. The molecule has 1 atom stereocenters. The highest BCUT2D eigenvalue weighted by molar-refractivity contribution is 7.89. The van der Waals surface area contributed by atoms with Crippen LogP contribution < -0.4 is 0 Å². The topological polar surface area (TPSA) is 57.6 Å². The minimum absolute atomic E-state index is 0.0525. The molecule has 114 valence electrons. The van der Waals surface area contributed by atoms with Crippen LogP contribution in [0.5, 0.6) is 0 Å². The van der Waals surface area contributed by atoms with Gasteiger partial charge in [-0.3, -0.25) is 0 Å². The van der Waals surface area contributed by atoms with Crippen molar-refractivity contribution in [2.45, 2.75) is 37.1 Å². The van der Waals surface area contributed by atoms with Crippen molar-refractivity contribution >= 4 is 10.0 Å². The number of sulfonamides is 1. The van der Waals surface area contributed by atoms with E-state index in [1.165, 1.54) is 16.4 Å². The molecule has 0 saturated carbocycles. The maximum absolute atomic E-state index is 13.9. The zero-order valence-corrected chi connectivity index (χ0v) is 12.7. The molecule has 1 fully saturated rings. The van der Waals surface area contributed by atoms with Crippen molar-refractivity contribution in [1.29, 1.82) is 0 Å². The molecule has 0 aliphatic carbocycles. The monoisotopic (exact) mass is 311 g/mol. The Labute approximate surface area is 124 Å². The number of hydrogen-bond acceptors (Lipinski definition) is 3. The van der Waals surface area contributed by atoms with E-state index < -0.39 is 15.8 Å². The van der Waals surface area contributed by atoms with Gasteiger partial charge in [0.2, 0.25) is 10.0 Å². The van der Waals surface area contributed by atoms with E-state index in [4.69, 9.17) is 5.11 Å². The highest BCUT2D eigenvalue weighted by Gasteiger charge is 2.31. The third-order valence-corrected chi connectivity index (χ3v) is 5.60. The molecule has 1 aliphatic heterocycles. The number of halogens is 1. The first-order chi connectivity index (χ1) is 9.96. The van der Waals surface area contributed by atoms with Crippen LogP contribution in [0.25, 0.3) is 0 Å². The quantitative estimate of drug-likeness (QED) is 0.846. The Morgan fingerprint density at radius 1 is 1.43 bits per heavy atom. The van der Waals surface area contributed by atoms with Crippen molar-refractivity contribution in [3.8, 4) is 11.8 Å². The maximum atomic E-state index is 13.9. The van der Waals surface area contributed by atoms with Gasteiger partial charge < -0.3 is 5.11 Å². The van der Waals surface area contributed by atoms with Gasteiger partial charge in [0.15, 0.2) is 0 Å². The largest absolute Gasteiger partial charge is 0.384 e. The Morgan fingerprint density at radius 3 is 2.81 bits per heavy atom. The van der Waals surface area contributed by atoms with Gasteiger partial charge in [-0.25, -0.2) is 12.8 Å². The lowest BCUT2D eigenvalue weighted by atomic mass is 10.1. The number of aliphatic hydroxyl groups excluding tert-OH is 1. The molecular formula is C15H18FNO3S. The third kappa shape index (κ3) is 3.43. The molecule has 1 aliphatic rings. The Hall–Kier alpha value is -1.42. The SMILES string of the molecule is CC1CCCCN1S(=O)(=O)c1ccc(C#CCO)c(F)c1. The van der Waals surface area contributed by atoms with E-state index in [1.54, 1.807) is 0 Å². The van der Waals surface area contributed by atoms with Gasteiger partial charge in [0.25, 0.3) is 0 Å². The highest BCUT2D eigenvalue weighted by atomic mass is 32.2. The molecule has 0 aromatic heterocycles. The Morgan fingerprint density at radius 2 is 2.19 bits per heavy atom. The summed E-state index contributed by atoms with van der Waals surface area (Å²) < 4.78 is 40.5. The Kier molecular flexibility index (Phi) is 4.99. The van der Waals surface area contributed by atoms with E-state index in [1.807, 2.05) is 6.92 Å². The zero-order valence-electron chi connectivity index (χ0n) is 11.8. The molecule has 0 amide bonds. The summed E-state index contributed by atoms with van der Waals surface area (Å²) in [6.45, 7) is 1.97. The molecule has 1 saturated heterocycles. The lowest BCUT2D eigenvalue weighted by molar-refractivity contribution is 0.268. The zero-order chi connectivity index (χ0) is 15.5. The summed E-state index contributed by atoms with van der Waals surface area (Å²) in [5, 5.41) is 8.60. The van der Waals surface area contributed by atoms with E-state index in [0.29, 0.717) is 6.54 Å². The van der Waals surface area contributed by atoms with Crippen LogP contribution in [-0.2, 0) is 10.0 Å². The first kappa shape index (κ1) is 16.0. The molecule has 0 spiro atoms. The molecule has 4 nitrogen and oxygen atoms in total. The molecule has 1 unspecified atom stereocenters. The van der Waals surface area contributed by atoms with Gasteiger partial charge in [0.1, 0.15) is 12.4 Å². The van der Waals surface area contributed by atoms with Crippen molar-refractivity contribution in [3.63, 3.8) is 0 Å². The first-order valence-corrected chi connectivity index (χ1v) is 8.32. The van der Waals surface area contributed by atoms with Crippen LogP contribution in [0, 0.1) is 17.7 Å². The van der Waals surface area contributed by atoms with Gasteiger partial charge in [-0.2, -0.15) is 4.31 Å². The molecule has 1 N–H and O–H groups in total. The molecule has 1 heterocycles. The normalized spacial score (nSPS) is 19.9. The number of benzene rings is 1. The van der Waals surface area contributed by atoms with Crippen LogP contribution in [0.15, 0.2) is 23.1 Å². The van der Waals surface area contributed by atoms with Crippen LogP contribution in [0.1, 0.15) is 31.7 Å². The van der Waals surface area contributed by atoms with Gasteiger partial charge in [-0.15, -0.1) is 0 Å². The number of nitrogens with zero attached hydrogens (tertiary/aromatic N) is 1. The predicted molar refractivity (Wildman–Crippen MR) is 77.6 cm³/mol. The second kappa shape index (κ2) is 6.56. The summed E-state index contributed by atoms with van der Waals surface area (Å²) in [6.07, 6.45) is 2.66. The molecule has 0 radical (unpaired) electrons. The number of hydrogen-bond donors (Lipinski definition) is 1. The van der Waals surface area contributed by atoms with E-state index in [0.717, 1.165) is 25.3 Å². The van der Waals surface area contributed by atoms with Crippen molar-refractivity contribution in [3.05, 3.63) is 29.6 Å². The van der Waals surface area contributed by atoms with Gasteiger partial charge in [0, 0.05) is 12.6 Å². The molecule has 1 aromatic rings. The molecular weight excluding hydrogens is 293 g/mol. The number of aliphatic hydroxyl groups is 1. The van der Waals surface area contributed by atoms with Crippen molar-refractivity contribution < 1.29 is 17.9 Å². The minimum atomic E-state index is -3.68. The third-order valence-electron chi connectivity index (χ3n) is 3.59. The fraction of sp³-hybridized carbons (Fsp3) is 0.467. The Bertz CT molecular complexity index is 676. The predicted octanol–water partition coefficient (Wildman–Crippen LogP) is 1.73. The second-order valence-corrected chi connectivity index (χ2v) is 6.95. The van der Waals surface area contributed by atoms with Crippen LogP contribution in [0.2, 0.25) is 0 Å². The smallest absolute Gasteiger partial charge is 0.243 e. The molecule has 6 heteroatoms. The molecule has 21 heavy (non-hydrogen) atoms. The maximum Gasteiger partial charge on any atom is 0.243 e. The summed E-state index contributed by atoms with van der Waals surface area (Å²) in [4.78, 5) is -0.0525. The summed E-state index contributed by atoms with van der Waals surface area (Å²) in [7, 11) is -3.68. The average Bonchev–Trinajstić information content (AvgIpc) is 2.46. The van der Waals surface area contributed by atoms with Gasteiger partial charge in [-0.1, -0.05) is 18.3 Å². The highest BCUT2D eigenvalue weighted by Crippen LogP contribution is 2.25. The van der Waals surface area contributed by atoms with Crippen molar-refractivity contribution in [2.24, 2.45) is 0 Å². The fourth-order valence-electron chi connectivity index (χ4n) is 2.46. The van der Waals surface area contributed by atoms with Crippen LogP contribution in [-0.4, -0.2) is 37.0 Å².